The first kappa shape index (κ1) is 22.6. The lowest BCUT2D eigenvalue weighted by atomic mass is 10.3. The van der Waals surface area contributed by atoms with Crippen LogP contribution in [0.4, 0.5) is 17.8 Å². The topological polar surface area (TPSA) is 190 Å². The van der Waals surface area contributed by atoms with E-state index in [0.717, 1.165) is 0 Å². The van der Waals surface area contributed by atoms with Crippen LogP contribution < -0.4 is 28.4 Å². The quantitative estimate of drug-likeness (QED) is 0.266. The summed E-state index contributed by atoms with van der Waals surface area (Å²) in [5.74, 6) is 4.59. The number of rotatable bonds is 8. The summed E-state index contributed by atoms with van der Waals surface area (Å²) in [4.78, 5) is 27.1. The lowest BCUT2D eigenvalue weighted by molar-refractivity contribution is -0.151. The summed E-state index contributed by atoms with van der Waals surface area (Å²) >= 11 is 0. The van der Waals surface area contributed by atoms with Crippen LogP contribution in [0.1, 0.15) is 6.42 Å². The van der Waals surface area contributed by atoms with E-state index in [4.69, 9.17) is 27.8 Å². The van der Waals surface area contributed by atoms with Gasteiger partial charge in [-0.1, -0.05) is 0 Å². The van der Waals surface area contributed by atoms with Gasteiger partial charge in [-0.05, 0) is 0 Å². The summed E-state index contributed by atoms with van der Waals surface area (Å²) in [7, 11) is 0. The summed E-state index contributed by atoms with van der Waals surface area (Å²) in [6.07, 6.45) is -0.497. The maximum Gasteiger partial charge on any atom is 0.307 e. The summed E-state index contributed by atoms with van der Waals surface area (Å²) in [6, 6.07) is 0. The molecule has 1 aromatic rings. The van der Waals surface area contributed by atoms with Gasteiger partial charge in [0.1, 0.15) is 12.7 Å². The normalized spacial score (nSPS) is 10.8. The van der Waals surface area contributed by atoms with Crippen molar-refractivity contribution in [2.24, 2.45) is 11.6 Å². The van der Waals surface area contributed by atoms with Crippen molar-refractivity contribution in [1.82, 2.24) is 15.0 Å². The molecule has 0 saturated heterocycles. The third kappa shape index (κ3) is 8.59. The number of aromatic nitrogens is 3. The number of halogens is 2. The molecular formula is C9H20Cl2N8O3. The van der Waals surface area contributed by atoms with Crippen molar-refractivity contribution in [2.75, 3.05) is 36.5 Å². The average molecular weight is 359 g/mol. The molecule has 1 aromatic heterocycles. The van der Waals surface area contributed by atoms with Gasteiger partial charge in [0, 0.05) is 13.1 Å². The van der Waals surface area contributed by atoms with Crippen molar-refractivity contribution < 1.29 is 14.4 Å². The Labute approximate surface area is 139 Å². The number of nitrogen functional groups attached to an aromatic ring is 2. The van der Waals surface area contributed by atoms with Gasteiger partial charge in [-0.15, -0.1) is 24.8 Å². The highest BCUT2D eigenvalue weighted by atomic mass is 35.5. The first-order chi connectivity index (χ1) is 9.55. The Bertz CT molecular complexity index is 433. The molecule has 0 spiro atoms. The fourth-order valence-corrected chi connectivity index (χ4v) is 1.27. The van der Waals surface area contributed by atoms with E-state index in [0.29, 0.717) is 0 Å². The number of hydrogen-bond donors (Lipinski definition) is 5. The van der Waals surface area contributed by atoms with Crippen LogP contribution >= 0.6 is 24.8 Å². The monoisotopic (exact) mass is 358 g/mol. The van der Waals surface area contributed by atoms with E-state index in [-0.39, 0.29) is 68.8 Å². The smallest absolute Gasteiger partial charge is 0.307 e. The Morgan fingerprint density at radius 1 is 1.18 bits per heavy atom. The molecular weight excluding hydrogens is 339 g/mol. The van der Waals surface area contributed by atoms with Crippen LogP contribution in [0.5, 0.6) is 0 Å². The fraction of sp³-hybridized carbons (Fsp3) is 0.556. The lowest BCUT2D eigenvalue weighted by Crippen LogP contribution is -2.32. The number of esters is 1. The maximum atomic E-state index is 11.5. The van der Waals surface area contributed by atoms with Gasteiger partial charge in [-0.25, -0.2) is 5.90 Å². The molecule has 0 aromatic carbocycles. The van der Waals surface area contributed by atoms with Gasteiger partial charge in [0.05, 0.1) is 6.42 Å². The minimum atomic E-state index is -0.573. The molecule has 1 heterocycles. The van der Waals surface area contributed by atoms with Crippen LogP contribution in [0.25, 0.3) is 0 Å². The van der Waals surface area contributed by atoms with Gasteiger partial charge >= 0.3 is 5.97 Å². The van der Waals surface area contributed by atoms with Gasteiger partial charge in [0.15, 0.2) is 0 Å². The van der Waals surface area contributed by atoms with Crippen LogP contribution in [0, 0.1) is 0 Å². The molecule has 11 nitrogen and oxygen atoms in total. The standard InChI is InChI=1S/C9H18N8O3.2ClH/c10-3-5(4-19-13)20-6(18)1-2-14-9-16-7(11)15-8(12)17-9;;/h5H,1-4,10,13H2,(H5,11,12,14,15,16,17);2*1H. The zero-order chi connectivity index (χ0) is 15.0. The Kier molecular flexibility index (Phi) is 12.3. The molecule has 0 radical (unpaired) electrons. The summed E-state index contributed by atoms with van der Waals surface area (Å²) in [5, 5.41) is 2.77. The highest BCUT2D eigenvalue weighted by molar-refractivity contribution is 5.85. The molecule has 0 aliphatic carbocycles. The number of anilines is 3. The van der Waals surface area contributed by atoms with Gasteiger partial charge in [0.25, 0.3) is 0 Å². The minimum Gasteiger partial charge on any atom is -0.458 e. The number of carbonyl (C=O) groups excluding carboxylic acids is 1. The zero-order valence-corrected chi connectivity index (χ0v) is 13.2. The number of nitrogens with zero attached hydrogens (tertiary/aromatic N) is 3. The molecule has 128 valence electrons. The van der Waals surface area contributed by atoms with Crippen molar-refractivity contribution in [3.05, 3.63) is 0 Å². The number of nitrogens with two attached hydrogens (primary N) is 4. The predicted molar refractivity (Wildman–Crippen MR) is 85.3 cm³/mol. The molecule has 0 aliphatic heterocycles. The van der Waals surface area contributed by atoms with Gasteiger partial charge in [-0.2, -0.15) is 15.0 Å². The van der Waals surface area contributed by atoms with E-state index in [1.165, 1.54) is 0 Å². The Balaban J connectivity index is 0. The molecule has 13 heteroatoms. The predicted octanol–water partition coefficient (Wildman–Crippen LogP) is -1.56. The average Bonchev–Trinajstić information content (AvgIpc) is 2.37. The van der Waals surface area contributed by atoms with E-state index >= 15 is 0 Å². The molecule has 0 bridgehead atoms. The molecule has 1 unspecified atom stereocenters. The van der Waals surface area contributed by atoms with Crippen LogP contribution in [0.2, 0.25) is 0 Å². The molecule has 22 heavy (non-hydrogen) atoms. The summed E-state index contributed by atoms with van der Waals surface area (Å²) in [6.45, 7) is 0.398. The van der Waals surface area contributed by atoms with Crippen LogP contribution in [0.15, 0.2) is 0 Å². The molecule has 1 atom stereocenters. The van der Waals surface area contributed by atoms with Gasteiger partial charge in [-0.3, -0.25) is 4.79 Å². The first-order valence-corrected chi connectivity index (χ1v) is 5.77. The molecule has 0 aliphatic rings. The van der Waals surface area contributed by atoms with E-state index < -0.39 is 12.1 Å². The number of ether oxygens (including phenoxy) is 1. The third-order valence-electron chi connectivity index (χ3n) is 2.13. The van der Waals surface area contributed by atoms with Gasteiger partial charge < -0.3 is 32.1 Å². The molecule has 0 fully saturated rings. The van der Waals surface area contributed by atoms with Gasteiger partial charge in [0.2, 0.25) is 17.8 Å². The fourth-order valence-electron chi connectivity index (χ4n) is 1.27. The summed E-state index contributed by atoms with van der Waals surface area (Å²) in [5.41, 5.74) is 16.2. The Morgan fingerprint density at radius 2 is 1.77 bits per heavy atom. The van der Waals surface area contributed by atoms with E-state index in [1.54, 1.807) is 0 Å². The number of hydrogen-bond acceptors (Lipinski definition) is 11. The molecule has 0 amide bonds. The van der Waals surface area contributed by atoms with E-state index in [1.807, 2.05) is 0 Å². The largest absolute Gasteiger partial charge is 0.458 e. The van der Waals surface area contributed by atoms with Crippen molar-refractivity contribution in [3.63, 3.8) is 0 Å². The van der Waals surface area contributed by atoms with Crippen molar-refractivity contribution in [3.8, 4) is 0 Å². The Hall–Kier alpha value is -1.66. The van der Waals surface area contributed by atoms with E-state index in [2.05, 4.69) is 25.1 Å². The lowest BCUT2D eigenvalue weighted by Gasteiger charge is -2.14. The first-order valence-electron chi connectivity index (χ1n) is 5.77. The molecule has 9 N–H and O–H groups in total. The highest BCUT2D eigenvalue weighted by Crippen LogP contribution is 2.03. The van der Waals surface area contributed by atoms with Crippen molar-refractivity contribution in [2.45, 2.75) is 12.5 Å². The second-order valence-electron chi connectivity index (χ2n) is 3.73. The van der Waals surface area contributed by atoms with Crippen LogP contribution in [-0.4, -0.2) is 46.7 Å². The Morgan fingerprint density at radius 3 is 2.27 bits per heavy atom. The second kappa shape index (κ2) is 11.9. The molecule has 0 saturated carbocycles. The zero-order valence-electron chi connectivity index (χ0n) is 11.6. The number of nitrogens with one attached hydrogen (secondary N) is 1. The minimum absolute atomic E-state index is 0. The number of carbonyl (C=O) groups is 1. The van der Waals surface area contributed by atoms with E-state index in [9.17, 15) is 4.79 Å². The maximum absolute atomic E-state index is 11.5. The van der Waals surface area contributed by atoms with Crippen molar-refractivity contribution in [1.29, 1.82) is 0 Å². The second-order valence-corrected chi connectivity index (χ2v) is 3.73. The van der Waals surface area contributed by atoms with Crippen LogP contribution in [0.3, 0.4) is 0 Å². The highest BCUT2D eigenvalue weighted by Gasteiger charge is 2.12. The molecule has 1 rings (SSSR count). The SMILES string of the molecule is Cl.Cl.NCC(CON)OC(=O)CCNc1nc(N)nc(N)n1. The third-order valence-corrected chi connectivity index (χ3v) is 2.13. The van der Waals surface area contributed by atoms with Crippen molar-refractivity contribution >= 4 is 48.6 Å². The summed E-state index contributed by atoms with van der Waals surface area (Å²) < 4.78 is 5.01. The van der Waals surface area contributed by atoms with Crippen LogP contribution in [-0.2, 0) is 14.4 Å².